The molecule has 0 aliphatic heterocycles. The second-order valence-corrected chi connectivity index (χ2v) is 7.26. The van der Waals surface area contributed by atoms with Gasteiger partial charge in [-0.15, -0.1) is 0 Å². The van der Waals surface area contributed by atoms with E-state index in [4.69, 9.17) is 16.9 Å². The van der Waals surface area contributed by atoms with E-state index in [0.717, 1.165) is 0 Å². The Morgan fingerprint density at radius 1 is 1.24 bits per heavy atom. The van der Waals surface area contributed by atoms with E-state index in [1.807, 2.05) is 6.07 Å². The first kappa shape index (κ1) is 15.8. The van der Waals surface area contributed by atoms with Crippen LogP contribution in [0, 0.1) is 18.3 Å². The van der Waals surface area contributed by atoms with Crippen molar-refractivity contribution >= 4 is 43.2 Å². The third-order valence-corrected chi connectivity index (χ3v) is 5.19. The molecule has 0 saturated carbocycles. The summed E-state index contributed by atoms with van der Waals surface area (Å²) in [5.41, 5.74) is 1.31. The predicted octanol–water partition coefficient (Wildman–Crippen LogP) is 4.08. The number of benzene rings is 2. The number of anilines is 1. The average Bonchev–Trinajstić information content (AvgIpc) is 2.41. The molecule has 108 valence electrons. The second-order valence-electron chi connectivity index (χ2n) is 4.32. The summed E-state index contributed by atoms with van der Waals surface area (Å²) in [6.07, 6.45) is 0. The van der Waals surface area contributed by atoms with E-state index in [-0.39, 0.29) is 4.90 Å². The molecule has 0 aliphatic rings. The molecule has 2 rings (SSSR count). The molecule has 0 radical (unpaired) electrons. The van der Waals surface area contributed by atoms with Crippen molar-refractivity contribution in [1.82, 2.24) is 0 Å². The minimum absolute atomic E-state index is 0.128. The van der Waals surface area contributed by atoms with E-state index >= 15 is 0 Å². The number of halogens is 2. The Labute approximate surface area is 136 Å². The fourth-order valence-electron chi connectivity index (χ4n) is 1.79. The highest BCUT2D eigenvalue weighted by molar-refractivity contribution is 9.10. The van der Waals surface area contributed by atoms with Crippen LogP contribution in [0.25, 0.3) is 0 Å². The molecule has 0 unspecified atom stereocenters. The van der Waals surface area contributed by atoms with Gasteiger partial charge in [-0.05, 0) is 64.8 Å². The van der Waals surface area contributed by atoms with Gasteiger partial charge in [-0.25, -0.2) is 8.42 Å². The van der Waals surface area contributed by atoms with Gasteiger partial charge in [-0.1, -0.05) is 11.6 Å². The number of hydrogen-bond acceptors (Lipinski definition) is 3. The molecule has 0 fully saturated rings. The summed E-state index contributed by atoms with van der Waals surface area (Å²) in [5, 5.41) is 9.32. The molecule has 2 aromatic carbocycles. The van der Waals surface area contributed by atoms with Gasteiger partial charge < -0.3 is 0 Å². The lowest BCUT2D eigenvalue weighted by molar-refractivity contribution is 0.600. The zero-order valence-corrected chi connectivity index (χ0v) is 14.1. The molecular weight excluding hydrogens is 376 g/mol. The minimum Gasteiger partial charge on any atom is -0.278 e. The molecule has 7 heteroatoms. The Morgan fingerprint density at radius 2 is 1.95 bits per heavy atom. The van der Waals surface area contributed by atoms with Crippen LogP contribution >= 0.6 is 27.5 Å². The summed E-state index contributed by atoms with van der Waals surface area (Å²) in [6, 6.07) is 11.2. The first-order chi connectivity index (χ1) is 9.83. The minimum atomic E-state index is -3.74. The van der Waals surface area contributed by atoms with Crippen LogP contribution in [0.15, 0.2) is 45.8 Å². The predicted molar refractivity (Wildman–Crippen MR) is 85.9 cm³/mol. The van der Waals surface area contributed by atoms with Gasteiger partial charge in [0.2, 0.25) is 0 Å². The van der Waals surface area contributed by atoms with Gasteiger partial charge in [0.05, 0.1) is 22.2 Å². The molecular formula is C14H10BrClN2O2S. The van der Waals surface area contributed by atoms with Gasteiger partial charge >= 0.3 is 0 Å². The van der Waals surface area contributed by atoms with Crippen molar-refractivity contribution in [3.05, 3.63) is 57.0 Å². The van der Waals surface area contributed by atoms with E-state index in [0.29, 0.717) is 26.3 Å². The molecule has 21 heavy (non-hydrogen) atoms. The van der Waals surface area contributed by atoms with Gasteiger partial charge in [0, 0.05) is 9.50 Å². The number of hydrogen-bond donors (Lipinski definition) is 1. The molecule has 1 N–H and O–H groups in total. The van der Waals surface area contributed by atoms with Crippen molar-refractivity contribution in [1.29, 1.82) is 5.26 Å². The molecule has 0 aromatic heterocycles. The summed E-state index contributed by atoms with van der Waals surface area (Å²) in [4.78, 5) is 0.128. The fourth-order valence-corrected chi connectivity index (χ4v) is 4.01. The molecule has 0 heterocycles. The maximum absolute atomic E-state index is 12.4. The van der Waals surface area contributed by atoms with Gasteiger partial charge in [0.1, 0.15) is 0 Å². The van der Waals surface area contributed by atoms with Gasteiger partial charge in [-0.3, -0.25) is 4.72 Å². The van der Waals surface area contributed by atoms with Crippen molar-refractivity contribution in [2.24, 2.45) is 0 Å². The van der Waals surface area contributed by atoms with Crippen LogP contribution in [0.1, 0.15) is 11.1 Å². The van der Waals surface area contributed by atoms with E-state index in [9.17, 15) is 8.42 Å². The Bertz CT molecular complexity index is 845. The van der Waals surface area contributed by atoms with E-state index in [1.165, 1.54) is 18.2 Å². The van der Waals surface area contributed by atoms with Crippen LogP contribution in [0.5, 0.6) is 0 Å². The SMILES string of the molecule is Cc1cc(C#N)ccc1S(=O)(=O)Nc1ccc(Cl)cc1Br. The Hall–Kier alpha value is -1.55. The van der Waals surface area contributed by atoms with E-state index in [2.05, 4.69) is 20.7 Å². The van der Waals surface area contributed by atoms with Crippen molar-refractivity contribution in [2.45, 2.75) is 11.8 Å². The smallest absolute Gasteiger partial charge is 0.262 e. The summed E-state index contributed by atoms with van der Waals surface area (Å²) < 4.78 is 27.9. The van der Waals surface area contributed by atoms with Crippen molar-refractivity contribution in [3.8, 4) is 6.07 Å². The molecule has 0 atom stereocenters. The number of sulfonamides is 1. The first-order valence-electron chi connectivity index (χ1n) is 5.82. The largest absolute Gasteiger partial charge is 0.278 e. The topological polar surface area (TPSA) is 70.0 Å². The van der Waals surface area contributed by atoms with Crippen LogP contribution in [0.2, 0.25) is 5.02 Å². The number of rotatable bonds is 3. The quantitative estimate of drug-likeness (QED) is 0.865. The molecule has 0 saturated heterocycles. The highest BCUT2D eigenvalue weighted by Gasteiger charge is 2.18. The molecule has 4 nitrogen and oxygen atoms in total. The Balaban J connectivity index is 2.41. The first-order valence-corrected chi connectivity index (χ1v) is 8.47. The van der Waals surface area contributed by atoms with Crippen LogP contribution < -0.4 is 4.72 Å². The summed E-state index contributed by atoms with van der Waals surface area (Å²) in [6.45, 7) is 1.65. The lowest BCUT2D eigenvalue weighted by atomic mass is 10.2. The highest BCUT2D eigenvalue weighted by Crippen LogP contribution is 2.28. The average molecular weight is 386 g/mol. The summed E-state index contributed by atoms with van der Waals surface area (Å²) in [7, 11) is -3.74. The third-order valence-electron chi connectivity index (χ3n) is 2.77. The second kappa shape index (κ2) is 6.06. The lowest BCUT2D eigenvalue weighted by Gasteiger charge is -2.12. The number of nitrogens with one attached hydrogen (secondary N) is 1. The lowest BCUT2D eigenvalue weighted by Crippen LogP contribution is -2.14. The summed E-state index contributed by atoms with van der Waals surface area (Å²) in [5.74, 6) is 0. The molecule has 0 spiro atoms. The number of nitrogens with zero attached hydrogens (tertiary/aromatic N) is 1. The van der Waals surface area contributed by atoms with Crippen LogP contribution in [-0.2, 0) is 10.0 Å². The normalized spacial score (nSPS) is 11.0. The third kappa shape index (κ3) is 3.56. The van der Waals surface area contributed by atoms with Crippen LogP contribution in [0.3, 0.4) is 0 Å². The van der Waals surface area contributed by atoms with E-state index in [1.54, 1.807) is 25.1 Å². The summed E-state index contributed by atoms with van der Waals surface area (Å²) >= 11 is 9.09. The Kier molecular flexibility index (Phi) is 4.57. The zero-order chi connectivity index (χ0) is 15.6. The zero-order valence-electron chi connectivity index (χ0n) is 10.9. The monoisotopic (exact) mass is 384 g/mol. The maximum atomic E-state index is 12.4. The maximum Gasteiger partial charge on any atom is 0.262 e. The Morgan fingerprint density at radius 3 is 2.52 bits per heavy atom. The van der Waals surface area contributed by atoms with Crippen molar-refractivity contribution in [2.75, 3.05) is 4.72 Å². The number of nitriles is 1. The van der Waals surface area contributed by atoms with Crippen LogP contribution in [0.4, 0.5) is 5.69 Å². The van der Waals surface area contributed by atoms with Crippen molar-refractivity contribution < 1.29 is 8.42 Å². The van der Waals surface area contributed by atoms with Gasteiger partial charge in [-0.2, -0.15) is 5.26 Å². The fraction of sp³-hybridized carbons (Fsp3) is 0.0714. The van der Waals surface area contributed by atoms with E-state index < -0.39 is 10.0 Å². The van der Waals surface area contributed by atoms with Crippen molar-refractivity contribution in [3.63, 3.8) is 0 Å². The molecule has 0 amide bonds. The standard InChI is InChI=1S/C14H10BrClN2O2S/c1-9-6-10(8-17)2-5-14(9)21(19,20)18-13-4-3-11(16)7-12(13)15/h2-7,18H,1H3. The van der Waals surface area contributed by atoms with Gasteiger partial charge in [0.25, 0.3) is 10.0 Å². The molecule has 2 aromatic rings. The van der Waals surface area contributed by atoms with Gasteiger partial charge in [0.15, 0.2) is 0 Å². The molecule has 0 bridgehead atoms. The molecule has 0 aliphatic carbocycles. The highest BCUT2D eigenvalue weighted by atomic mass is 79.9. The van der Waals surface area contributed by atoms with Crippen LogP contribution in [-0.4, -0.2) is 8.42 Å². The number of aryl methyl sites for hydroxylation is 1.